The van der Waals surface area contributed by atoms with Crippen LogP contribution >= 0.6 is 0 Å². The van der Waals surface area contributed by atoms with Gasteiger partial charge in [-0.15, -0.1) is 0 Å². The maximum atomic E-state index is 6.01. The smallest absolute Gasteiger partial charge is 0.202 e. The Morgan fingerprint density at radius 1 is 1.38 bits per heavy atom. The van der Waals surface area contributed by atoms with Gasteiger partial charge >= 0.3 is 0 Å². The molecule has 1 aliphatic carbocycles. The molecule has 0 unspecified atom stereocenters. The van der Waals surface area contributed by atoms with Gasteiger partial charge in [-0.3, -0.25) is 4.57 Å². The zero-order valence-electron chi connectivity index (χ0n) is 9.48. The van der Waals surface area contributed by atoms with Gasteiger partial charge in [-0.25, -0.2) is 9.97 Å². The number of fused-ring (bicyclic) bond motifs is 1. The summed E-state index contributed by atoms with van der Waals surface area (Å²) in [5.74, 6) is 0.615. The summed E-state index contributed by atoms with van der Waals surface area (Å²) in [5.41, 5.74) is 9.06. The van der Waals surface area contributed by atoms with Gasteiger partial charge < -0.3 is 5.73 Å². The SMILES string of the molecule is Cc1ccnc2c1nc(N)n2C1CCCC1. The highest BCUT2D eigenvalue weighted by molar-refractivity contribution is 5.77. The highest BCUT2D eigenvalue weighted by Crippen LogP contribution is 2.34. The number of rotatable bonds is 1. The number of aromatic nitrogens is 3. The topological polar surface area (TPSA) is 56.7 Å². The van der Waals surface area contributed by atoms with Crippen LogP contribution < -0.4 is 5.73 Å². The van der Waals surface area contributed by atoms with E-state index in [1.807, 2.05) is 12.3 Å². The van der Waals surface area contributed by atoms with Gasteiger partial charge in [-0.2, -0.15) is 0 Å². The molecule has 84 valence electrons. The van der Waals surface area contributed by atoms with Crippen molar-refractivity contribution in [2.75, 3.05) is 5.73 Å². The summed E-state index contributed by atoms with van der Waals surface area (Å²) in [5, 5.41) is 0. The third-order valence-electron chi connectivity index (χ3n) is 3.50. The molecule has 2 N–H and O–H groups in total. The van der Waals surface area contributed by atoms with E-state index in [1.165, 1.54) is 25.7 Å². The Balaban J connectivity index is 2.22. The monoisotopic (exact) mass is 216 g/mol. The molecule has 4 heteroatoms. The average Bonchev–Trinajstić information content (AvgIpc) is 2.85. The lowest BCUT2D eigenvalue weighted by Crippen LogP contribution is -2.09. The van der Waals surface area contributed by atoms with Crippen molar-refractivity contribution in [2.45, 2.75) is 38.6 Å². The van der Waals surface area contributed by atoms with Crippen LogP contribution in [0.25, 0.3) is 11.2 Å². The Hall–Kier alpha value is -1.58. The Bertz CT molecular complexity index is 523. The largest absolute Gasteiger partial charge is 0.369 e. The van der Waals surface area contributed by atoms with E-state index in [0.717, 1.165) is 16.7 Å². The summed E-state index contributed by atoms with van der Waals surface area (Å²) in [6, 6.07) is 2.48. The molecule has 3 rings (SSSR count). The summed E-state index contributed by atoms with van der Waals surface area (Å²) < 4.78 is 2.12. The van der Waals surface area contributed by atoms with Crippen LogP contribution in [0.5, 0.6) is 0 Å². The molecular formula is C12H16N4. The number of anilines is 1. The van der Waals surface area contributed by atoms with Crippen LogP contribution in [0.4, 0.5) is 5.95 Å². The Labute approximate surface area is 94.5 Å². The number of pyridine rings is 1. The third-order valence-corrected chi connectivity index (χ3v) is 3.50. The van der Waals surface area contributed by atoms with Crippen molar-refractivity contribution in [3.8, 4) is 0 Å². The predicted molar refractivity (Wildman–Crippen MR) is 64.2 cm³/mol. The van der Waals surface area contributed by atoms with Crippen molar-refractivity contribution in [1.29, 1.82) is 0 Å². The summed E-state index contributed by atoms with van der Waals surface area (Å²) in [4.78, 5) is 8.86. The van der Waals surface area contributed by atoms with Crippen LogP contribution in [-0.2, 0) is 0 Å². The highest BCUT2D eigenvalue weighted by Gasteiger charge is 2.22. The molecule has 2 aromatic rings. The van der Waals surface area contributed by atoms with Gasteiger partial charge in [0.2, 0.25) is 5.95 Å². The van der Waals surface area contributed by atoms with Gasteiger partial charge in [0.1, 0.15) is 5.52 Å². The first-order valence-corrected chi connectivity index (χ1v) is 5.86. The van der Waals surface area contributed by atoms with Gasteiger partial charge in [-0.05, 0) is 31.4 Å². The maximum absolute atomic E-state index is 6.01. The molecule has 0 spiro atoms. The van der Waals surface area contributed by atoms with Crippen molar-refractivity contribution >= 4 is 17.1 Å². The molecular weight excluding hydrogens is 200 g/mol. The molecule has 0 amide bonds. The summed E-state index contributed by atoms with van der Waals surface area (Å²) in [6.07, 6.45) is 6.81. The molecule has 0 aliphatic heterocycles. The molecule has 1 fully saturated rings. The zero-order chi connectivity index (χ0) is 11.1. The van der Waals surface area contributed by atoms with E-state index < -0.39 is 0 Å². The van der Waals surface area contributed by atoms with Gasteiger partial charge in [0, 0.05) is 12.2 Å². The molecule has 2 heterocycles. The minimum absolute atomic E-state index is 0.499. The van der Waals surface area contributed by atoms with Crippen LogP contribution in [0.2, 0.25) is 0 Å². The first kappa shape index (κ1) is 9.63. The van der Waals surface area contributed by atoms with Crippen molar-refractivity contribution in [3.63, 3.8) is 0 Å². The minimum Gasteiger partial charge on any atom is -0.369 e. The highest BCUT2D eigenvalue weighted by atomic mass is 15.2. The van der Waals surface area contributed by atoms with E-state index in [1.54, 1.807) is 0 Å². The number of nitrogen functional groups attached to an aromatic ring is 1. The van der Waals surface area contributed by atoms with E-state index in [4.69, 9.17) is 5.73 Å². The van der Waals surface area contributed by atoms with Crippen molar-refractivity contribution in [2.24, 2.45) is 0 Å². The molecule has 16 heavy (non-hydrogen) atoms. The molecule has 2 aromatic heterocycles. The number of nitrogens with two attached hydrogens (primary N) is 1. The average molecular weight is 216 g/mol. The second kappa shape index (κ2) is 3.47. The molecule has 1 saturated carbocycles. The zero-order valence-corrected chi connectivity index (χ0v) is 9.48. The van der Waals surface area contributed by atoms with Crippen LogP contribution in [0.1, 0.15) is 37.3 Å². The van der Waals surface area contributed by atoms with Crippen molar-refractivity contribution in [3.05, 3.63) is 17.8 Å². The van der Waals surface area contributed by atoms with Crippen LogP contribution in [-0.4, -0.2) is 14.5 Å². The van der Waals surface area contributed by atoms with E-state index in [9.17, 15) is 0 Å². The fourth-order valence-corrected chi connectivity index (χ4v) is 2.65. The number of nitrogens with zero attached hydrogens (tertiary/aromatic N) is 3. The van der Waals surface area contributed by atoms with Gasteiger partial charge in [0.25, 0.3) is 0 Å². The van der Waals surface area contributed by atoms with E-state index in [2.05, 4.69) is 21.5 Å². The van der Waals surface area contributed by atoms with Gasteiger partial charge in [0.05, 0.1) is 0 Å². The number of imidazole rings is 1. The van der Waals surface area contributed by atoms with E-state index >= 15 is 0 Å². The van der Waals surface area contributed by atoms with Crippen LogP contribution in [0, 0.1) is 6.92 Å². The second-order valence-corrected chi connectivity index (χ2v) is 4.58. The lowest BCUT2D eigenvalue weighted by atomic mass is 10.2. The summed E-state index contributed by atoms with van der Waals surface area (Å²) in [6.45, 7) is 2.05. The maximum Gasteiger partial charge on any atom is 0.202 e. The lowest BCUT2D eigenvalue weighted by molar-refractivity contribution is 0.536. The van der Waals surface area contributed by atoms with Gasteiger partial charge in [0.15, 0.2) is 5.65 Å². The number of aryl methyl sites for hydroxylation is 1. The Kier molecular flexibility index (Phi) is 2.09. The minimum atomic E-state index is 0.499. The molecule has 0 atom stereocenters. The molecule has 0 aromatic carbocycles. The van der Waals surface area contributed by atoms with Crippen LogP contribution in [0.15, 0.2) is 12.3 Å². The lowest BCUT2D eigenvalue weighted by Gasteiger charge is -2.13. The summed E-state index contributed by atoms with van der Waals surface area (Å²) in [7, 11) is 0. The normalized spacial score (nSPS) is 17.3. The van der Waals surface area contributed by atoms with E-state index in [-0.39, 0.29) is 0 Å². The predicted octanol–water partition coefficient (Wildman–Crippen LogP) is 2.44. The Morgan fingerprint density at radius 3 is 2.88 bits per heavy atom. The standard InChI is InChI=1S/C12H16N4/c1-8-6-7-14-11-10(8)15-12(13)16(11)9-4-2-3-5-9/h6-7,9H,2-5H2,1H3,(H2,13,15). The molecule has 4 nitrogen and oxygen atoms in total. The molecule has 0 saturated heterocycles. The first-order chi connectivity index (χ1) is 7.77. The van der Waals surface area contributed by atoms with Crippen molar-refractivity contribution < 1.29 is 0 Å². The van der Waals surface area contributed by atoms with E-state index in [0.29, 0.717) is 12.0 Å². The molecule has 0 radical (unpaired) electrons. The van der Waals surface area contributed by atoms with Crippen molar-refractivity contribution in [1.82, 2.24) is 14.5 Å². The molecule has 0 bridgehead atoms. The fourth-order valence-electron chi connectivity index (χ4n) is 2.65. The van der Waals surface area contributed by atoms with Crippen LogP contribution in [0.3, 0.4) is 0 Å². The summed E-state index contributed by atoms with van der Waals surface area (Å²) >= 11 is 0. The first-order valence-electron chi connectivity index (χ1n) is 5.86. The fraction of sp³-hybridized carbons (Fsp3) is 0.500. The third kappa shape index (κ3) is 1.29. The van der Waals surface area contributed by atoms with Gasteiger partial charge in [-0.1, -0.05) is 12.8 Å². The molecule has 1 aliphatic rings. The number of hydrogen-bond donors (Lipinski definition) is 1. The second-order valence-electron chi connectivity index (χ2n) is 4.58. The quantitative estimate of drug-likeness (QED) is 0.796. The number of hydrogen-bond acceptors (Lipinski definition) is 3. The Morgan fingerprint density at radius 2 is 2.12 bits per heavy atom.